The molecule has 0 unspecified atom stereocenters. The zero-order chi connectivity index (χ0) is 13.7. The Morgan fingerprint density at radius 2 is 1.95 bits per heavy atom. The van der Waals surface area contributed by atoms with Gasteiger partial charge in [0.1, 0.15) is 10.8 Å². The smallest absolute Gasteiger partial charge is 0.228 e. The van der Waals surface area contributed by atoms with Crippen molar-refractivity contribution in [2.45, 2.75) is 44.9 Å². The second-order valence-corrected chi connectivity index (χ2v) is 5.49. The molecule has 0 radical (unpaired) electrons. The summed E-state index contributed by atoms with van der Waals surface area (Å²) >= 11 is 4.92. The summed E-state index contributed by atoms with van der Waals surface area (Å²) in [4.78, 5) is 12.5. The van der Waals surface area contributed by atoms with Crippen LogP contribution in [0.2, 0.25) is 0 Å². The van der Waals surface area contributed by atoms with E-state index in [0.717, 1.165) is 25.7 Å². The molecule has 2 rings (SSSR count). The van der Waals surface area contributed by atoms with Crippen LogP contribution >= 0.6 is 12.2 Å². The molecular weight excluding hydrogens is 260 g/mol. The third-order valence-corrected chi connectivity index (χ3v) is 3.85. The van der Waals surface area contributed by atoms with Crippen molar-refractivity contribution in [3.63, 3.8) is 0 Å². The summed E-state index contributed by atoms with van der Waals surface area (Å²) in [7, 11) is 0. The highest BCUT2D eigenvalue weighted by atomic mass is 32.1. The number of rotatable bonds is 3. The van der Waals surface area contributed by atoms with E-state index in [1.54, 1.807) is 0 Å². The van der Waals surface area contributed by atoms with Crippen molar-refractivity contribution in [1.82, 2.24) is 10.2 Å². The number of carbonyl (C=O) groups is 1. The van der Waals surface area contributed by atoms with Gasteiger partial charge in [0.2, 0.25) is 5.91 Å². The second-order valence-electron chi connectivity index (χ2n) is 5.05. The average molecular weight is 280 g/mol. The van der Waals surface area contributed by atoms with Gasteiger partial charge in [-0.15, -0.1) is 0 Å². The largest absolute Gasteiger partial charge is 0.389 e. The predicted molar refractivity (Wildman–Crippen MR) is 78.9 cm³/mol. The number of thiocarbonyl (C=S) groups is 1. The number of aromatic nitrogens is 2. The fraction of sp³-hybridized carbons (Fsp3) is 0.615. The van der Waals surface area contributed by atoms with Gasteiger partial charge < -0.3 is 11.1 Å². The number of nitrogens with one attached hydrogen (secondary N) is 2. The van der Waals surface area contributed by atoms with Crippen molar-refractivity contribution in [1.29, 1.82) is 0 Å². The number of carbonyl (C=O) groups excluding carboxylic acids is 1. The van der Waals surface area contributed by atoms with Gasteiger partial charge in [0.15, 0.2) is 0 Å². The first kappa shape index (κ1) is 14.0. The molecule has 1 heterocycles. The molecule has 1 saturated carbocycles. The zero-order valence-electron chi connectivity index (χ0n) is 10.9. The van der Waals surface area contributed by atoms with Crippen molar-refractivity contribution in [2.75, 3.05) is 5.32 Å². The van der Waals surface area contributed by atoms with E-state index in [4.69, 9.17) is 18.0 Å². The predicted octanol–water partition coefficient (Wildman–Crippen LogP) is 2.34. The molecule has 1 aliphatic carbocycles. The van der Waals surface area contributed by atoms with Gasteiger partial charge in [-0.2, -0.15) is 5.10 Å². The van der Waals surface area contributed by atoms with Crippen molar-refractivity contribution in [2.24, 2.45) is 11.7 Å². The van der Waals surface area contributed by atoms with Gasteiger partial charge in [-0.3, -0.25) is 9.89 Å². The van der Waals surface area contributed by atoms with E-state index in [9.17, 15) is 4.79 Å². The molecule has 0 atom stereocenters. The number of aromatic amines is 1. The number of hydrogen-bond donors (Lipinski definition) is 3. The van der Waals surface area contributed by atoms with Crippen LogP contribution in [0.4, 0.5) is 5.82 Å². The SMILES string of the molecule is NC(=S)c1cn[nH]c1NC(=O)C1CCCCCCC1. The summed E-state index contributed by atoms with van der Waals surface area (Å²) < 4.78 is 0. The molecule has 4 N–H and O–H groups in total. The molecule has 0 aromatic carbocycles. The maximum atomic E-state index is 12.3. The van der Waals surface area contributed by atoms with E-state index in [2.05, 4.69) is 15.5 Å². The van der Waals surface area contributed by atoms with Crippen molar-refractivity contribution in [3.8, 4) is 0 Å². The van der Waals surface area contributed by atoms with E-state index in [-0.39, 0.29) is 16.8 Å². The van der Waals surface area contributed by atoms with Crippen LogP contribution in [0.1, 0.15) is 50.5 Å². The van der Waals surface area contributed by atoms with Gasteiger partial charge in [0, 0.05) is 5.92 Å². The number of anilines is 1. The Bertz CT molecular complexity index is 449. The Hall–Kier alpha value is -1.43. The molecule has 1 aromatic rings. The number of nitrogens with zero attached hydrogens (tertiary/aromatic N) is 1. The number of nitrogens with two attached hydrogens (primary N) is 1. The molecule has 1 amide bonds. The molecule has 5 nitrogen and oxygen atoms in total. The molecule has 1 fully saturated rings. The van der Waals surface area contributed by atoms with Crippen molar-refractivity contribution >= 4 is 28.9 Å². The highest BCUT2D eigenvalue weighted by Gasteiger charge is 2.21. The van der Waals surface area contributed by atoms with Crippen molar-refractivity contribution < 1.29 is 4.79 Å². The summed E-state index contributed by atoms with van der Waals surface area (Å²) in [5, 5.41) is 9.47. The van der Waals surface area contributed by atoms with Gasteiger partial charge in [-0.05, 0) is 12.8 Å². The molecule has 6 heteroatoms. The quantitative estimate of drug-likeness (QED) is 0.742. The monoisotopic (exact) mass is 280 g/mol. The van der Waals surface area contributed by atoms with E-state index in [1.807, 2.05) is 0 Å². The highest BCUT2D eigenvalue weighted by Crippen LogP contribution is 2.23. The Morgan fingerprint density at radius 1 is 1.32 bits per heavy atom. The van der Waals surface area contributed by atoms with E-state index < -0.39 is 0 Å². The number of H-pyrrole nitrogens is 1. The van der Waals surface area contributed by atoms with Gasteiger partial charge in [0.25, 0.3) is 0 Å². The lowest BCUT2D eigenvalue weighted by molar-refractivity contribution is -0.120. The Labute approximate surface area is 118 Å². The van der Waals surface area contributed by atoms with Gasteiger partial charge in [0.05, 0.1) is 11.8 Å². The third kappa shape index (κ3) is 3.76. The third-order valence-electron chi connectivity index (χ3n) is 3.63. The van der Waals surface area contributed by atoms with Crippen LogP contribution in [0.15, 0.2) is 6.20 Å². The van der Waals surface area contributed by atoms with Crippen LogP contribution < -0.4 is 11.1 Å². The first-order valence-corrected chi connectivity index (χ1v) is 7.23. The lowest BCUT2D eigenvalue weighted by Gasteiger charge is -2.18. The minimum Gasteiger partial charge on any atom is -0.389 e. The van der Waals surface area contributed by atoms with Crippen LogP contribution in [-0.4, -0.2) is 21.1 Å². The molecule has 0 aliphatic heterocycles. The molecule has 19 heavy (non-hydrogen) atoms. The molecular formula is C13H20N4OS. The lowest BCUT2D eigenvalue weighted by Crippen LogP contribution is -2.25. The first-order valence-electron chi connectivity index (χ1n) is 6.82. The molecule has 0 bridgehead atoms. The van der Waals surface area contributed by atoms with Gasteiger partial charge in [-0.25, -0.2) is 0 Å². The molecule has 0 saturated heterocycles. The molecule has 1 aliphatic rings. The number of hydrogen-bond acceptors (Lipinski definition) is 3. The maximum Gasteiger partial charge on any atom is 0.228 e. The topological polar surface area (TPSA) is 83.8 Å². The fourth-order valence-electron chi connectivity index (χ4n) is 2.51. The summed E-state index contributed by atoms with van der Waals surface area (Å²) in [5.74, 6) is 0.644. The number of amides is 1. The van der Waals surface area contributed by atoms with Crippen LogP contribution in [0, 0.1) is 5.92 Å². The van der Waals surface area contributed by atoms with Gasteiger partial charge >= 0.3 is 0 Å². The molecule has 0 spiro atoms. The summed E-state index contributed by atoms with van der Waals surface area (Å²) in [6.45, 7) is 0. The summed E-state index contributed by atoms with van der Waals surface area (Å²) in [6, 6.07) is 0. The summed E-state index contributed by atoms with van der Waals surface area (Å²) in [5.41, 5.74) is 6.17. The molecule has 104 valence electrons. The van der Waals surface area contributed by atoms with E-state index >= 15 is 0 Å². The van der Waals surface area contributed by atoms with E-state index in [1.165, 1.54) is 25.5 Å². The minimum atomic E-state index is 0.0450. The minimum absolute atomic E-state index is 0.0450. The Morgan fingerprint density at radius 3 is 2.58 bits per heavy atom. The van der Waals surface area contributed by atoms with Gasteiger partial charge in [-0.1, -0.05) is 44.3 Å². The van der Waals surface area contributed by atoms with Crippen LogP contribution in [0.3, 0.4) is 0 Å². The van der Waals surface area contributed by atoms with E-state index in [0.29, 0.717) is 11.4 Å². The normalized spacial score (nSPS) is 17.5. The Balaban J connectivity index is 1.99. The van der Waals surface area contributed by atoms with Crippen LogP contribution in [0.5, 0.6) is 0 Å². The molecule has 1 aromatic heterocycles. The Kier molecular flexibility index (Phi) is 4.90. The first-order chi connectivity index (χ1) is 9.18. The van der Waals surface area contributed by atoms with Crippen LogP contribution in [0.25, 0.3) is 0 Å². The lowest BCUT2D eigenvalue weighted by atomic mass is 9.90. The maximum absolute atomic E-state index is 12.3. The highest BCUT2D eigenvalue weighted by molar-refractivity contribution is 7.80. The fourth-order valence-corrected chi connectivity index (χ4v) is 2.67. The van der Waals surface area contributed by atoms with Crippen molar-refractivity contribution in [3.05, 3.63) is 11.8 Å². The zero-order valence-corrected chi connectivity index (χ0v) is 11.8. The standard InChI is InChI=1S/C13H20N4OS/c14-11(19)10-8-15-17-12(10)16-13(18)9-6-4-2-1-3-5-7-9/h8-9H,1-7H2,(H2,14,19)(H2,15,16,17,18). The second kappa shape index (κ2) is 6.65. The summed E-state index contributed by atoms with van der Waals surface area (Å²) in [6.07, 6.45) is 9.46. The average Bonchev–Trinajstić information content (AvgIpc) is 2.76. The van der Waals surface area contributed by atoms with Crippen LogP contribution in [-0.2, 0) is 4.79 Å².